The molecule has 0 amide bonds. The van der Waals surface area contributed by atoms with Crippen LogP contribution in [0.2, 0.25) is 0 Å². The van der Waals surface area contributed by atoms with Gasteiger partial charge in [-0.2, -0.15) is 0 Å². The van der Waals surface area contributed by atoms with Crippen LogP contribution in [0.4, 0.5) is 5.69 Å². The topological polar surface area (TPSA) is 80.7 Å². The Balaban J connectivity index is 2.40. The Kier molecular flexibility index (Phi) is 6.16. The summed E-state index contributed by atoms with van der Waals surface area (Å²) in [6.45, 7) is 4.06. The lowest BCUT2D eigenvalue weighted by atomic mass is 10.2. The van der Waals surface area contributed by atoms with Gasteiger partial charge in [0.15, 0.2) is 5.78 Å². The zero-order valence-corrected chi connectivity index (χ0v) is 14.1. The molecule has 23 heavy (non-hydrogen) atoms. The first-order valence-corrected chi connectivity index (χ1v) is 9.04. The first-order chi connectivity index (χ1) is 11.1. The van der Waals surface area contributed by atoms with E-state index < -0.39 is 13.4 Å². The Bertz CT molecular complexity index is 639. The van der Waals surface area contributed by atoms with Gasteiger partial charge < -0.3 is 19.5 Å². The lowest BCUT2D eigenvalue weighted by molar-refractivity contribution is 0.214. The van der Waals surface area contributed by atoms with Gasteiger partial charge in [-0.3, -0.25) is 9.55 Å². The van der Waals surface area contributed by atoms with E-state index in [0.29, 0.717) is 11.3 Å². The van der Waals surface area contributed by atoms with Crippen molar-refractivity contribution in [1.29, 1.82) is 0 Å². The number of nitrogens with one attached hydrogen (secondary N) is 1. The molecule has 0 saturated carbocycles. The molecule has 0 aliphatic carbocycles. The predicted octanol–water partition coefficient (Wildman–Crippen LogP) is 4.16. The minimum atomic E-state index is -3.45. The quantitative estimate of drug-likeness (QED) is 0.705. The number of aromatic hydroxyl groups is 1. The van der Waals surface area contributed by atoms with Crippen LogP contribution in [-0.2, 0) is 13.6 Å². The van der Waals surface area contributed by atoms with Gasteiger partial charge in [0, 0.05) is 12.4 Å². The molecule has 2 N–H and O–H groups in total. The fraction of sp³-hybridized carbons (Fsp3) is 0.312. The number of aromatic nitrogens is 1. The van der Waals surface area contributed by atoms with Crippen LogP contribution in [0.3, 0.4) is 0 Å². The van der Waals surface area contributed by atoms with Gasteiger partial charge in [0.05, 0.1) is 18.9 Å². The molecule has 1 unspecified atom stereocenters. The number of pyridine rings is 1. The van der Waals surface area contributed by atoms with Crippen molar-refractivity contribution in [3.8, 4) is 5.75 Å². The minimum Gasteiger partial charge on any atom is -0.508 e. The monoisotopic (exact) mass is 336 g/mol. The van der Waals surface area contributed by atoms with Crippen LogP contribution in [0.5, 0.6) is 5.75 Å². The molecular formula is C16H21N2O4P. The smallest absolute Gasteiger partial charge is 0.357 e. The van der Waals surface area contributed by atoms with E-state index in [4.69, 9.17) is 9.05 Å². The summed E-state index contributed by atoms with van der Waals surface area (Å²) >= 11 is 0. The van der Waals surface area contributed by atoms with E-state index in [-0.39, 0.29) is 19.0 Å². The number of phenols is 1. The van der Waals surface area contributed by atoms with Crippen LogP contribution in [0.1, 0.15) is 25.2 Å². The zero-order valence-electron chi connectivity index (χ0n) is 13.2. The fourth-order valence-electron chi connectivity index (χ4n) is 2.15. The molecule has 7 heteroatoms. The Labute approximate surface area is 136 Å². The number of hydrogen-bond acceptors (Lipinski definition) is 6. The maximum absolute atomic E-state index is 13.2. The van der Waals surface area contributed by atoms with E-state index in [9.17, 15) is 9.67 Å². The second kappa shape index (κ2) is 8.11. The van der Waals surface area contributed by atoms with Crippen molar-refractivity contribution in [2.24, 2.45) is 0 Å². The Morgan fingerprint density at radius 3 is 2.35 bits per heavy atom. The van der Waals surface area contributed by atoms with Crippen molar-refractivity contribution < 1.29 is 18.7 Å². The van der Waals surface area contributed by atoms with Crippen molar-refractivity contribution >= 4 is 13.3 Å². The molecule has 0 fully saturated rings. The third-order valence-corrected chi connectivity index (χ3v) is 5.40. The minimum absolute atomic E-state index is 0.136. The standard InChI is InChI=1S/C16H21N2O4P/c1-3-21-23(20,22-4-2)16(13-7-9-15(19)10-8-13)18-14-6-5-11-17-12-14/h5-12,16,18-19H,3-4H2,1-2H3. The van der Waals surface area contributed by atoms with Gasteiger partial charge in [0.2, 0.25) is 0 Å². The maximum atomic E-state index is 13.2. The van der Waals surface area contributed by atoms with Gasteiger partial charge >= 0.3 is 7.60 Å². The number of benzene rings is 1. The van der Waals surface area contributed by atoms with Crippen molar-refractivity contribution in [1.82, 2.24) is 4.98 Å². The maximum Gasteiger partial charge on any atom is 0.357 e. The molecule has 0 aliphatic rings. The summed E-state index contributed by atoms with van der Waals surface area (Å²) in [6, 6.07) is 10.1. The third kappa shape index (κ3) is 4.55. The highest BCUT2D eigenvalue weighted by atomic mass is 31.2. The van der Waals surface area contributed by atoms with Crippen LogP contribution in [0.15, 0.2) is 48.8 Å². The number of anilines is 1. The highest BCUT2D eigenvalue weighted by Crippen LogP contribution is 2.60. The van der Waals surface area contributed by atoms with Crippen LogP contribution >= 0.6 is 7.60 Å². The Morgan fingerprint density at radius 2 is 1.83 bits per heavy atom. The van der Waals surface area contributed by atoms with Gasteiger partial charge in [0.1, 0.15) is 5.75 Å². The van der Waals surface area contributed by atoms with Crippen molar-refractivity contribution in [2.75, 3.05) is 18.5 Å². The number of nitrogens with zero attached hydrogens (tertiary/aromatic N) is 1. The number of phenolic OH excluding ortho intramolecular Hbond substituents is 1. The van der Waals surface area contributed by atoms with Gasteiger partial charge in [0.25, 0.3) is 0 Å². The second-order valence-corrected chi connectivity index (χ2v) is 6.87. The zero-order chi connectivity index (χ0) is 16.7. The summed E-state index contributed by atoms with van der Waals surface area (Å²) < 4.78 is 24.2. The SMILES string of the molecule is CCOP(=O)(OCC)C(Nc1cccnc1)c1ccc(O)cc1. The number of rotatable bonds is 8. The van der Waals surface area contributed by atoms with E-state index in [1.807, 2.05) is 6.07 Å². The molecule has 0 spiro atoms. The van der Waals surface area contributed by atoms with E-state index in [1.165, 1.54) is 12.1 Å². The van der Waals surface area contributed by atoms with Crippen LogP contribution in [0.25, 0.3) is 0 Å². The first-order valence-electron chi connectivity index (χ1n) is 7.43. The van der Waals surface area contributed by atoms with Gasteiger partial charge in [-0.25, -0.2) is 0 Å². The third-order valence-electron chi connectivity index (χ3n) is 3.11. The van der Waals surface area contributed by atoms with Crippen LogP contribution in [-0.4, -0.2) is 23.3 Å². The normalized spacial score (nSPS) is 12.8. The summed E-state index contributed by atoms with van der Waals surface area (Å²) in [4.78, 5) is 4.05. The molecule has 0 saturated heterocycles. The summed E-state index contributed by atoms with van der Waals surface area (Å²) in [5.41, 5.74) is 1.39. The summed E-state index contributed by atoms with van der Waals surface area (Å²) in [6.07, 6.45) is 3.29. The molecule has 2 rings (SSSR count). The summed E-state index contributed by atoms with van der Waals surface area (Å²) in [7, 11) is -3.45. The molecule has 1 aromatic carbocycles. The highest BCUT2D eigenvalue weighted by Gasteiger charge is 2.37. The van der Waals surface area contributed by atoms with Gasteiger partial charge in [-0.1, -0.05) is 12.1 Å². The van der Waals surface area contributed by atoms with E-state index in [2.05, 4.69) is 10.3 Å². The molecular weight excluding hydrogens is 315 g/mol. The van der Waals surface area contributed by atoms with Crippen LogP contribution < -0.4 is 5.32 Å². The van der Waals surface area contributed by atoms with Crippen molar-refractivity contribution in [3.63, 3.8) is 0 Å². The van der Waals surface area contributed by atoms with E-state index in [1.54, 1.807) is 44.4 Å². The van der Waals surface area contributed by atoms with Gasteiger partial charge in [-0.15, -0.1) is 0 Å². The second-order valence-electron chi connectivity index (χ2n) is 4.76. The molecule has 1 aromatic heterocycles. The van der Waals surface area contributed by atoms with Crippen molar-refractivity contribution in [2.45, 2.75) is 19.6 Å². The molecule has 124 valence electrons. The number of hydrogen-bond donors (Lipinski definition) is 2. The van der Waals surface area contributed by atoms with Gasteiger partial charge in [-0.05, 0) is 43.7 Å². The largest absolute Gasteiger partial charge is 0.508 e. The van der Waals surface area contributed by atoms with Crippen LogP contribution in [0, 0.1) is 0 Å². The molecule has 0 bridgehead atoms. The summed E-state index contributed by atoms with van der Waals surface area (Å²) in [5.74, 6) is -0.566. The Morgan fingerprint density at radius 1 is 1.17 bits per heavy atom. The van der Waals surface area contributed by atoms with E-state index >= 15 is 0 Å². The lowest BCUT2D eigenvalue weighted by Crippen LogP contribution is -2.15. The first kappa shape index (κ1) is 17.5. The average molecular weight is 336 g/mol. The molecule has 2 aromatic rings. The molecule has 6 nitrogen and oxygen atoms in total. The molecule has 0 radical (unpaired) electrons. The fourth-order valence-corrected chi connectivity index (χ4v) is 4.09. The Hall–Kier alpha value is -1.88. The molecule has 0 aliphatic heterocycles. The highest BCUT2D eigenvalue weighted by molar-refractivity contribution is 7.54. The molecule has 1 atom stereocenters. The van der Waals surface area contributed by atoms with E-state index in [0.717, 1.165) is 0 Å². The summed E-state index contributed by atoms with van der Waals surface area (Å²) in [5, 5.41) is 12.6. The van der Waals surface area contributed by atoms with Crippen molar-refractivity contribution in [3.05, 3.63) is 54.4 Å². The predicted molar refractivity (Wildman–Crippen MR) is 89.6 cm³/mol. The molecule has 1 heterocycles. The average Bonchev–Trinajstić information content (AvgIpc) is 2.55. The lowest BCUT2D eigenvalue weighted by Gasteiger charge is -2.28.